The Bertz CT molecular complexity index is 554. The second kappa shape index (κ2) is 8.72. The van der Waals surface area contributed by atoms with E-state index in [1.807, 2.05) is 0 Å². The first-order valence-electron chi connectivity index (χ1n) is 7.43. The monoisotopic (exact) mass is 409 g/mol. The molecule has 0 bridgehead atoms. The molecule has 0 saturated carbocycles. The summed E-state index contributed by atoms with van der Waals surface area (Å²) in [4.78, 5) is 0. The maximum atomic E-state index is 3.70. The molecule has 0 aliphatic rings. The van der Waals surface area contributed by atoms with Gasteiger partial charge in [0.15, 0.2) is 0 Å². The molecule has 0 amide bonds. The van der Waals surface area contributed by atoms with Gasteiger partial charge in [0, 0.05) is 15.0 Å². The van der Waals surface area contributed by atoms with Crippen LogP contribution in [-0.4, -0.2) is 6.54 Å². The van der Waals surface area contributed by atoms with Crippen molar-refractivity contribution >= 4 is 31.9 Å². The van der Waals surface area contributed by atoms with E-state index in [-0.39, 0.29) is 0 Å². The molecule has 0 aromatic heterocycles. The molecule has 0 radical (unpaired) electrons. The van der Waals surface area contributed by atoms with E-state index in [0.717, 1.165) is 30.3 Å². The first-order chi connectivity index (χ1) is 10.2. The Morgan fingerprint density at radius 3 is 2.48 bits per heavy atom. The normalized spacial score (nSPS) is 12.3. The number of halogens is 2. The number of hydrogen-bond donors (Lipinski definition) is 1. The maximum absolute atomic E-state index is 3.70. The van der Waals surface area contributed by atoms with Gasteiger partial charge < -0.3 is 5.32 Å². The van der Waals surface area contributed by atoms with Crippen LogP contribution in [0.2, 0.25) is 0 Å². The van der Waals surface area contributed by atoms with Crippen molar-refractivity contribution in [2.24, 2.45) is 0 Å². The molecule has 3 heteroatoms. The summed E-state index contributed by atoms with van der Waals surface area (Å²) in [5, 5.41) is 3.67. The molecule has 1 unspecified atom stereocenters. The Hall–Kier alpha value is -0.640. The largest absolute Gasteiger partial charge is 0.310 e. The Labute approximate surface area is 144 Å². The zero-order valence-electron chi connectivity index (χ0n) is 12.3. The van der Waals surface area contributed by atoms with E-state index in [1.165, 1.54) is 15.6 Å². The van der Waals surface area contributed by atoms with E-state index in [4.69, 9.17) is 0 Å². The van der Waals surface area contributed by atoms with Crippen LogP contribution < -0.4 is 5.32 Å². The summed E-state index contributed by atoms with van der Waals surface area (Å²) in [6, 6.07) is 17.5. The zero-order valence-corrected chi connectivity index (χ0v) is 15.5. The van der Waals surface area contributed by atoms with Crippen molar-refractivity contribution in [3.05, 3.63) is 68.6 Å². The highest BCUT2D eigenvalue weighted by Gasteiger charge is 2.14. The smallest absolute Gasteiger partial charge is 0.0334 e. The molecular weight excluding hydrogens is 390 g/mol. The van der Waals surface area contributed by atoms with Gasteiger partial charge in [0.25, 0.3) is 0 Å². The van der Waals surface area contributed by atoms with Crippen LogP contribution in [0.3, 0.4) is 0 Å². The van der Waals surface area contributed by atoms with Gasteiger partial charge in [-0.05, 0) is 49.1 Å². The minimum Gasteiger partial charge on any atom is -0.310 e. The molecule has 0 aliphatic carbocycles. The van der Waals surface area contributed by atoms with Crippen LogP contribution in [0.15, 0.2) is 57.5 Å². The van der Waals surface area contributed by atoms with E-state index in [2.05, 4.69) is 92.6 Å². The minimum absolute atomic E-state index is 0.382. The molecule has 2 aromatic rings. The van der Waals surface area contributed by atoms with Crippen molar-refractivity contribution in [2.45, 2.75) is 32.2 Å². The number of rotatable bonds is 7. The second-order valence-corrected chi connectivity index (χ2v) is 6.97. The molecule has 0 saturated heterocycles. The number of hydrogen-bond acceptors (Lipinski definition) is 1. The molecule has 0 aliphatic heterocycles. The van der Waals surface area contributed by atoms with Crippen LogP contribution in [0, 0.1) is 0 Å². The van der Waals surface area contributed by atoms with Gasteiger partial charge in [-0.2, -0.15) is 0 Å². The lowest BCUT2D eigenvalue weighted by molar-refractivity contribution is 0.498. The van der Waals surface area contributed by atoms with Gasteiger partial charge in [0.1, 0.15) is 0 Å². The summed E-state index contributed by atoms with van der Waals surface area (Å²) in [5.41, 5.74) is 2.73. The standard InChI is InChI=1S/C18H21Br2N/c1-2-12-21-18(11-8-14-6-4-3-5-7-14)16-10-9-15(19)13-17(16)20/h3-7,9-10,13,18,21H,2,8,11-12H2,1H3. The Morgan fingerprint density at radius 2 is 1.81 bits per heavy atom. The summed E-state index contributed by atoms with van der Waals surface area (Å²) in [7, 11) is 0. The fraction of sp³-hybridized carbons (Fsp3) is 0.333. The van der Waals surface area contributed by atoms with Gasteiger partial charge in [-0.1, -0.05) is 75.2 Å². The van der Waals surface area contributed by atoms with Gasteiger partial charge in [-0.15, -0.1) is 0 Å². The van der Waals surface area contributed by atoms with Crippen molar-refractivity contribution in [2.75, 3.05) is 6.54 Å². The first-order valence-corrected chi connectivity index (χ1v) is 9.01. The summed E-state index contributed by atoms with van der Waals surface area (Å²) < 4.78 is 2.27. The maximum Gasteiger partial charge on any atom is 0.0334 e. The molecular formula is C18H21Br2N. The van der Waals surface area contributed by atoms with Crippen LogP contribution in [-0.2, 0) is 6.42 Å². The van der Waals surface area contributed by atoms with Gasteiger partial charge in [-0.25, -0.2) is 0 Å². The Balaban J connectivity index is 2.10. The quantitative estimate of drug-likeness (QED) is 0.600. The summed E-state index contributed by atoms with van der Waals surface area (Å²) in [6.45, 7) is 3.25. The Morgan fingerprint density at radius 1 is 1.05 bits per heavy atom. The van der Waals surface area contributed by atoms with Crippen molar-refractivity contribution in [1.82, 2.24) is 5.32 Å². The predicted molar refractivity (Wildman–Crippen MR) is 97.6 cm³/mol. The lowest BCUT2D eigenvalue weighted by Gasteiger charge is -2.20. The molecule has 0 fully saturated rings. The molecule has 1 N–H and O–H groups in total. The highest BCUT2D eigenvalue weighted by atomic mass is 79.9. The lowest BCUT2D eigenvalue weighted by atomic mass is 9.99. The van der Waals surface area contributed by atoms with E-state index in [0.29, 0.717) is 6.04 Å². The van der Waals surface area contributed by atoms with Crippen LogP contribution in [0.1, 0.15) is 36.9 Å². The summed E-state index contributed by atoms with van der Waals surface area (Å²) in [6.07, 6.45) is 3.34. The van der Waals surface area contributed by atoms with Crippen LogP contribution in [0.4, 0.5) is 0 Å². The van der Waals surface area contributed by atoms with E-state index in [9.17, 15) is 0 Å². The summed E-state index contributed by atoms with van der Waals surface area (Å²) in [5.74, 6) is 0. The van der Waals surface area contributed by atoms with Gasteiger partial charge >= 0.3 is 0 Å². The van der Waals surface area contributed by atoms with Crippen LogP contribution >= 0.6 is 31.9 Å². The number of benzene rings is 2. The summed E-state index contributed by atoms with van der Waals surface area (Å²) >= 11 is 7.22. The zero-order chi connectivity index (χ0) is 15.1. The molecule has 21 heavy (non-hydrogen) atoms. The highest BCUT2D eigenvalue weighted by molar-refractivity contribution is 9.11. The highest BCUT2D eigenvalue weighted by Crippen LogP contribution is 2.29. The molecule has 0 heterocycles. The van der Waals surface area contributed by atoms with E-state index >= 15 is 0 Å². The van der Waals surface area contributed by atoms with E-state index in [1.54, 1.807) is 0 Å². The fourth-order valence-corrected chi connectivity index (χ4v) is 3.75. The molecule has 0 spiro atoms. The van der Waals surface area contributed by atoms with Gasteiger partial charge in [0.05, 0.1) is 0 Å². The predicted octanol–water partition coefficient (Wildman–Crippen LogP) is 5.89. The minimum atomic E-state index is 0.382. The Kier molecular flexibility index (Phi) is 6.94. The average Bonchev–Trinajstić information content (AvgIpc) is 2.49. The van der Waals surface area contributed by atoms with E-state index < -0.39 is 0 Å². The fourth-order valence-electron chi connectivity index (χ4n) is 2.43. The third kappa shape index (κ3) is 5.24. The second-order valence-electron chi connectivity index (χ2n) is 5.20. The number of nitrogens with one attached hydrogen (secondary N) is 1. The van der Waals surface area contributed by atoms with Crippen LogP contribution in [0.25, 0.3) is 0 Å². The SMILES string of the molecule is CCCNC(CCc1ccccc1)c1ccc(Br)cc1Br. The van der Waals surface area contributed by atoms with Gasteiger partial charge in [-0.3, -0.25) is 0 Å². The third-order valence-electron chi connectivity index (χ3n) is 3.54. The third-order valence-corrected chi connectivity index (χ3v) is 4.72. The van der Waals surface area contributed by atoms with Crippen LogP contribution in [0.5, 0.6) is 0 Å². The van der Waals surface area contributed by atoms with Crippen molar-refractivity contribution in [3.8, 4) is 0 Å². The molecule has 112 valence electrons. The molecule has 1 nitrogen and oxygen atoms in total. The molecule has 1 atom stereocenters. The number of aryl methyl sites for hydroxylation is 1. The van der Waals surface area contributed by atoms with Gasteiger partial charge in [0.2, 0.25) is 0 Å². The molecule has 2 aromatic carbocycles. The molecule has 2 rings (SSSR count). The lowest BCUT2D eigenvalue weighted by Crippen LogP contribution is -2.23. The average molecular weight is 411 g/mol. The van der Waals surface area contributed by atoms with Crippen molar-refractivity contribution in [3.63, 3.8) is 0 Å². The van der Waals surface area contributed by atoms with Crippen molar-refractivity contribution in [1.29, 1.82) is 0 Å². The topological polar surface area (TPSA) is 12.0 Å². The van der Waals surface area contributed by atoms with Crippen molar-refractivity contribution < 1.29 is 0 Å². The first kappa shape index (κ1) is 16.7.